The first-order valence-corrected chi connectivity index (χ1v) is 5.92. The monoisotopic (exact) mass is 274 g/mol. The number of rotatable bonds is 3. The average Bonchev–Trinajstić information content (AvgIpc) is 2.39. The second kappa shape index (κ2) is 5.48. The van der Waals surface area contributed by atoms with Gasteiger partial charge in [0.2, 0.25) is 0 Å². The molecular formula is C14H14N2O4. The maximum absolute atomic E-state index is 12.1. The number of phenolic OH excluding ortho intramolecular Hbond substituents is 1. The lowest BCUT2D eigenvalue weighted by Crippen LogP contribution is -2.27. The summed E-state index contributed by atoms with van der Waals surface area (Å²) in [6.45, 7) is 0.326. The number of aromatic amines is 1. The van der Waals surface area contributed by atoms with Crippen molar-refractivity contribution in [2.75, 3.05) is 7.05 Å². The first-order chi connectivity index (χ1) is 9.45. The summed E-state index contributed by atoms with van der Waals surface area (Å²) in [5.41, 5.74) is 0.423. The summed E-state index contributed by atoms with van der Waals surface area (Å²) in [5.74, 6) is -0.569. The molecule has 0 saturated carbocycles. The van der Waals surface area contributed by atoms with Crippen LogP contribution in [0.25, 0.3) is 0 Å². The van der Waals surface area contributed by atoms with Crippen molar-refractivity contribution in [3.63, 3.8) is 0 Å². The van der Waals surface area contributed by atoms with Gasteiger partial charge in [0.1, 0.15) is 5.75 Å². The smallest absolute Gasteiger partial charge is 0.254 e. The number of aromatic hydroxyl groups is 2. The summed E-state index contributed by atoms with van der Waals surface area (Å²) in [6.07, 6.45) is 0. The maximum Gasteiger partial charge on any atom is 0.254 e. The van der Waals surface area contributed by atoms with Crippen LogP contribution in [0.1, 0.15) is 15.9 Å². The van der Waals surface area contributed by atoms with E-state index in [1.165, 1.54) is 23.1 Å². The Labute approximate surface area is 114 Å². The quantitative estimate of drug-likeness (QED) is 0.780. The van der Waals surface area contributed by atoms with Gasteiger partial charge in [0.25, 0.3) is 11.5 Å². The summed E-state index contributed by atoms with van der Waals surface area (Å²) in [4.78, 5) is 26.9. The third kappa shape index (κ3) is 3.17. The van der Waals surface area contributed by atoms with E-state index in [0.29, 0.717) is 6.54 Å². The number of nitrogens with zero attached hydrogens (tertiary/aromatic N) is 1. The molecule has 1 heterocycles. The zero-order valence-electron chi connectivity index (χ0n) is 10.8. The molecule has 0 fully saturated rings. The molecule has 0 bridgehead atoms. The number of hydrogen-bond donors (Lipinski definition) is 3. The van der Waals surface area contributed by atoms with Gasteiger partial charge in [-0.1, -0.05) is 12.1 Å². The summed E-state index contributed by atoms with van der Waals surface area (Å²) < 4.78 is 0. The Morgan fingerprint density at radius 1 is 1.20 bits per heavy atom. The Hall–Kier alpha value is -2.76. The van der Waals surface area contributed by atoms with Crippen molar-refractivity contribution in [1.82, 2.24) is 9.88 Å². The Morgan fingerprint density at radius 2 is 1.85 bits per heavy atom. The van der Waals surface area contributed by atoms with Gasteiger partial charge in [-0.15, -0.1) is 0 Å². The number of pyridine rings is 1. The number of H-pyrrole nitrogens is 1. The zero-order chi connectivity index (χ0) is 14.7. The van der Waals surface area contributed by atoms with Gasteiger partial charge in [-0.2, -0.15) is 0 Å². The van der Waals surface area contributed by atoms with Crippen LogP contribution in [0, 0.1) is 0 Å². The highest BCUT2D eigenvalue weighted by atomic mass is 16.3. The van der Waals surface area contributed by atoms with E-state index in [0.717, 1.165) is 11.6 Å². The Balaban J connectivity index is 2.16. The molecule has 2 rings (SSSR count). The number of phenols is 1. The van der Waals surface area contributed by atoms with E-state index in [9.17, 15) is 19.8 Å². The predicted octanol–water partition coefficient (Wildman–Crippen LogP) is 1.06. The molecule has 1 aromatic carbocycles. The number of hydrogen-bond acceptors (Lipinski definition) is 4. The highest BCUT2D eigenvalue weighted by molar-refractivity contribution is 5.94. The second-order valence-corrected chi connectivity index (χ2v) is 4.45. The van der Waals surface area contributed by atoms with Gasteiger partial charge >= 0.3 is 0 Å². The van der Waals surface area contributed by atoms with Crippen LogP contribution in [-0.2, 0) is 6.54 Å². The van der Waals surface area contributed by atoms with Gasteiger partial charge in [0.05, 0.1) is 5.56 Å². The first-order valence-electron chi connectivity index (χ1n) is 5.92. The van der Waals surface area contributed by atoms with E-state index in [-0.39, 0.29) is 23.1 Å². The van der Waals surface area contributed by atoms with Gasteiger partial charge < -0.3 is 15.1 Å². The molecular weight excluding hydrogens is 260 g/mol. The number of aromatic nitrogens is 1. The van der Waals surface area contributed by atoms with Crippen molar-refractivity contribution in [1.29, 1.82) is 0 Å². The van der Waals surface area contributed by atoms with Gasteiger partial charge in [-0.25, -0.2) is 0 Å². The van der Waals surface area contributed by atoms with Gasteiger partial charge in [0, 0.05) is 25.7 Å². The normalized spacial score (nSPS) is 10.2. The largest absolute Gasteiger partial charge is 0.508 e. The lowest BCUT2D eigenvalue weighted by atomic mass is 10.2. The summed E-state index contributed by atoms with van der Waals surface area (Å²) in [7, 11) is 1.59. The summed E-state index contributed by atoms with van der Waals surface area (Å²) in [6, 6.07) is 8.81. The van der Waals surface area contributed by atoms with E-state index < -0.39 is 5.56 Å². The molecule has 0 unspecified atom stereocenters. The molecule has 6 heteroatoms. The minimum atomic E-state index is -0.536. The van der Waals surface area contributed by atoms with Crippen molar-refractivity contribution in [2.24, 2.45) is 0 Å². The van der Waals surface area contributed by atoms with Crippen molar-refractivity contribution in [3.05, 3.63) is 57.9 Å². The van der Waals surface area contributed by atoms with Crippen LogP contribution in [0.4, 0.5) is 0 Å². The number of benzene rings is 1. The molecule has 20 heavy (non-hydrogen) atoms. The van der Waals surface area contributed by atoms with E-state index in [1.54, 1.807) is 19.2 Å². The van der Waals surface area contributed by atoms with Crippen LogP contribution >= 0.6 is 0 Å². The number of carbonyl (C=O) groups excluding carboxylic acids is 1. The van der Waals surface area contributed by atoms with Crippen LogP contribution in [-0.4, -0.2) is 33.1 Å². The van der Waals surface area contributed by atoms with Crippen LogP contribution in [0.5, 0.6) is 11.6 Å². The number of nitrogens with one attached hydrogen (secondary N) is 1. The first kappa shape index (κ1) is 13.7. The van der Waals surface area contributed by atoms with Crippen LogP contribution in [0.3, 0.4) is 0 Å². The molecule has 3 N–H and O–H groups in total. The fraction of sp³-hybridized carbons (Fsp3) is 0.143. The molecule has 1 aromatic heterocycles. The molecule has 6 nitrogen and oxygen atoms in total. The van der Waals surface area contributed by atoms with Gasteiger partial charge in [-0.05, 0) is 17.7 Å². The van der Waals surface area contributed by atoms with Crippen LogP contribution in [0.15, 0.2) is 41.2 Å². The van der Waals surface area contributed by atoms with E-state index in [4.69, 9.17) is 0 Å². The Kier molecular flexibility index (Phi) is 3.74. The van der Waals surface area contributed by atoms with Crippen molar-refractivity contribution < 1.29 is 15.0 Å². The topological polar surface area (TPSA) is 93.6 Å². The fourth-order valence-corrected chi connectivity index (χ4v) is 1.82. The molecule has 0 saturated heterocycles. The molecule has 1 amide bonds. The SMILES string of the molecule is CN(Cc1ccc(O)cc1)C(=O)c1cc(O)[nH]c(=O)c1. The van der Waals surface area contributed by atoms with E-state index in [1.807, 2.05) is 0 Å². The van der Waals surface area contributed by atoms with Crippen molar-refractivity contribution in [2.45, 2.75) is 6.54 Å². The molecule has 0 aliphatic heterocycles. The number of amides is 1. The van der Waals surface area contributed by atoms with Gasteiger partial charge in [0.15, 0.2) is 5.88 Å². The lowest BCUT2D eigenvalue weighted by molar-refractivity contribution is 0.0784. The summed E-state index contributed by atoms with van der Waals surface area (Å²) >= 11 is 0. The molecule has 0 radical (unpaired) electrons. The minimum absolute atomic E-state index is 0.118. The fourth-order valence-electron chi connectivity index (χ4n) is 1.82. The van der Waals surface area contributed by atoms with Crippen molar-refractivity contribution in [3.8, 4) is 11.6 Å². The van der Waals surface area contributed by atoms with Crippen molar-refractivity contribution >= 4 is 5.91 Å². The zero-order valence-corrected chi connectivity index (χ0v) is 10.8. The Bertz CT molecular complexity index is 676. The second-order valence-electron chi connectivity index (χ2n) is 4.45. The van der Waals surface area contributed by atoms with Gasteiger partial charge in [-0.3, -0.25) is 14.6 Å². The molecule has 104 valence electrons. The molecule has 0 aliphatic carbocycles. The molecule has 0 atom stereocenters. The van der Waals surface area contributed by atoms with E-state index >= 15 is 0 Å². The maximum atomic E-state index is 12.1. The molecule has 0 aliphatic rings. The van der Waals surface area contributed by atoms with Crippen LogP contribution < -0.4 is 5.56 Å². The highest BCUT2D eigenvalue weighted by Gasteiger charge is 2.13. The molecule has 2 aromatic rings. The minimum Gasteiger partial charge on any atom is -0.508 e. The highest BCUT2D eigenvalue weighted by Crippen LogP contribution is 2.13. The average molecular weight is 274 g/mol. The summed E-state index contributed by atoms with van der Waals surface area (Å²) in [5, 5.41) is 18.5. The standard InChI is InChI=1S/C14H14N2O4/c1-16(8-9-2-4-11(17)5-3-9)14(20)10-6-12(18)15-13(19)7-10/h2-7,17H,8H2,1H3,(H2,15,18,19). The molecule has 0 spiro atoms. The Morgan fingerprint density at radius 3 is 2.45 bits per heavy atom. The van der Waals surface area contributed by atoms with E-state index in [2.05, 4.69) is 4.98 Å². The predicted molar refractivity (Wildman–Crippen MR) is 72.6 cm³/mol. The lowest BCUT2D eigenvalue weighted by Gasteiger charge is -2.17. The number of carbonyl (C=O) groups is 1. The third-order valence-corrected chi connectivity index (χ3v) is 2.78. The van der Waals surface area contributed by atoms with Crippen LogP contribution in [0.2, 0.25) is 0 Å². The third-order valence-electron chi connectivity index (χ3n) is 2.78.